The minimum absolute atomic E-state index is 0.000683. The molecule has 1 aromatic heterocycles. The highest BCUT2D eigenvalue weighted by molar-refractivity contribution is 6.05. The number of ether oxygens (including phenoxy) is 1. The van der Waals surface area contributed by atoms with Crippen molar-refractivity contribution < 1.29 is 14.3 Å². The Hall–Kier alpha value is -4.20. The third-order valence-corrected chi connectivity index (χ3v) is 5.65. The number of nitrogens with one attached hydrogen (secondary N) is 2. The van der Waals surface area contributed by atoms with E-state index in [9.17, 15) is 9.59 Å². The number of amides is 1. The summed E-state index contributed by atoms with van der Waals surface area (Å²) in [6.07, 6.45) is 2.44. The maximum atomic E-state index is 13.0. The smallest absolute Gasteiger partial charge is 0.309 e. The van der Waals surface area contributed by atoms with Crippen LogP contribution in [0.5, 0.6) is 0 Å². The van der Waals surface area contributed by atoms with Crippen LogP contribution in [-0.2, 0) is 16.0 Å². The Morgan fingerprint density at radius 3 is 2.82 bits per heavy atom. The standard InChI is InChI=1S/C25H23N5O3/c1-15-7-6-10-18(11-15)19-12-16(2)22(31)21-23(19)33-14-30(21)29-25(32)24-26-20(27-28-24)13-17-8-4-3-5-9-17/h3-12,16H,13-14H2,1-2H3,(H,29,32)(H,26,27,28)/t16-/m0/s1. The molecule has 0 saturated heterocycles. The number of hydrogen-bond acceptors (Lipinski definition) is 6. The Kier molecular flexibility index (Phi) is 5.26. The van der Waals surface area contributed by atoms with E-state index in [-0.39, 0.29) is 24.3 Å². The molecule has 3 aromatic rings. The fraction of sp³-hybridized carbons (Fsp3) is 0.200. The summed E-state index contributed by atoms with van der Waals surface area (Å²) in [4.78, 5) is 30.1. The van der Waals surface area contributed by atoms with Crippen LogP contribution in [0.1, 0.15) is 40.1 Å². The van der Waals surface area contributed by atoms with Gasteiger partial charge in [-0.15, -0.1) is 5.10 Å². The summed E-state index contributed by atoms with van der Waals surface area (Å²) in [5.41, 5.74) is 7.05. The molecule has 0 radical (unpaired) electrons. The summed E-state index contributed by atoms with van der Waals surface area (Å²) in [7, 11) is 0. The molecular weight excluding hydrogens is 418 g/mol. The number of hydrazine groups is 1. The first kappa shape index (κ1) is 20.7. The molecule has 166 valence electrons. The molecule has 2 aromatic carbocycles. The summed E-state index contributed by atoms with van der Waals surface area (Å²) in [6, 6.07) is 17.8. The summed E-state index contributed by atoms with van der Waals surface area (Å²) in [6.45, 7) is 3.88. The second-order valence-corrected chi connectivity index (χ2v) is 8.19. The molecule has 1 aliphatic carbocycles. The van der Waals surface area contributed by atoms with E-state index in [1.807, 2.05) is 74.5 Å². The first-order valence-electron chi connectivity index (χ1n) is 10.7. The zero-order valence-electron chi connectivity index (χ0n) is 18.3. The number of benzene rings is 2. The van der Waals surface area contributed by atoms with Gasteiger partial charge in [0.2, 0.25) is 5.82 Å². The molecule has 2 heterocycles. The minimum atomic E-state index is -0.518. The van der Waals surface area contributed by atoms with Gasteiger partial charge in [-0.1, -0.05) is 73.2 Å². The molecule has 0 spiro atoms. The average molecular weight is 441 g/mol. The van der Waals surface area contributed by atoms with Crippen LogP contribution in [0.2, 0.25) is 0 Å². The van der Waals surface area contributed by atoms with Gasteiger partial charge in [0.1, 0.15) is 11.5 Å². The predicted molar refractivity (Wildman–Crippen MR) is 121 cm³/mol. The number of carbonyl (C=O) groups excluding carboxylic acids is 2. The van der Waals surface area contributed by atoms with Crippen LogP contribution in [0.4, 0.5) is 0 Å². The summed E-state index contributed by atoms with van der Waals surface area (Å²) in [5, 5.41) is 8.28. The Bertz CT molecular complexity index is 1290. The quantitative estimate of drug-likeness (QED) is 0.631. The molecule has 5 rings (SSSR count). The lowest BCUT2D eigenvalue weighted by atomic mass is 9.88. The zero-order chi connectivity index (χ0) is 22.9. The highest BCUT2D eigenvalue weighted by Gasteiger charge is 2.38. The zero-order valence-corrected chi connectivity index (χ0v) is 18.3. The molecule has 0 bridgehead atoms. The van der Waals surface area contributed by atoms with Crippen LogP contribution < -0.4 is 5.43 Å². The topological polar surface area (TPSA) is 100 Å². The number of hydrogen-bond donors (Lipinski definition) is 2. The lowest BCUT2D eigenvalue weighted by Crippen LogP contribution is -2.43. The van der Waals surface area contributed by atoms with Gasteiger partial charge in [-0.3, -0.25) is 20.1 Å². The molecule has 0 unspecified atom stereocenters. The molecular formula is C25H23N5O3. The van der Waals surface area contributed by atoms with Crippen molar-refractivity contribution in [3.63, 3.8) is 0 Å². The number of rotatable bonds is 5. The Balaban J connectivity index is 1.36. The monoisotopic (exact) mass is 441 g/mol. The maximum Gasteiger partial charge on any atom is 0.309 e. The Morgan fingerprint density at radius 2 is 2.03 bits per heavy atom. The summed E-state index contributed by atoms with van der Waals surface area (Å²) < 4.78 is 5.87. The lowest BCUT2D eigenvalue weighted by molar-refractivity contribution is -0.119. The van der Waals surface area contributed by atoms with Crippen LogP contribution in [0, 0.1) is 12.8 Å². The molecule has 1 amide bonds. The van der Waals surface area contributed by atoms with E-state index in [1.165, 1.54) is 5.01 Å². The third kappa shape index (κ3) is 4.03. The second-order valence-electron chi connectivity index (χ2n) is 8.19. The molecule has 0 fully saturated rings. The molecule has 2 N–H and O–H groups in total. The van der Waals surface area contributed by atoms with Crippen molar-refractivity contribution in [3.05, 3.63) is 100 Å². The van der Waals surface area contributed by atoms with Gasteiger partial charge < -0.3 is 4.74 Å². The number of aromatic amines is 1. The van der Waals surface area contributed by atoms with Crippen molar-refractivity contribution in [2.75, 3.05) is 6.73 Å². The van der Waals surface area contributed by atoms with Gasteiger partial charge >= 0.3 is 5.91 Å². The van der Waals surface area contributed by atoms with Gasteiger partial charge in [0, 0.05) is 17.9 Å². The van der Waals surface area contributed by atoms with Crippen LogP contribution in [0.25, 0.3) is 5.57 Å². The summed E-state index contributed by atoms with van der Waals surface area (Å²) >= 11 is 0. The predicted octanol–water partition coefficient (Wildman–Crippen LogP) is 3.15. The fourth-order valence-electron chi connectivity index (χ4n) is 4.02. The number of nitrogens with zero attached hydrogens (tertiary/aromatic N) is 3. The van der Waals surface area contributed by atoms with Crippen molar-refractivity contribution in [3.8, 4) is 0 Å². The van der Waals surface area contributed by atoms with Crippen molar-refractivity contribution in [1.82, 2.24) is 25.6 Å². The number of Topliss-reactive ketones (excluding diaryl/α,β-unsaturated/α-hetero) is 1. The first-order valence-corrected chi connectivity index (χ1v) is 10.7. The lowest BCUT2D eigenvalue weighted by Gasteiger charge is -2.23. The highest BCUT2D eigenvalue weighted by Crippen LogP contribution is 2.38. The van der Waals surface area contributed by atoms with Gasteiger partial charge in [0.15, 0.2) is 18.3 Å². The molecule has 8 nitrogen and oxygen atoms in total. The largest absolute Gasteiger partial charge is 0.468 e. The number of carbonyl (C=O) groups is 2. The van der Waals surface area contributed by atoms with E-state index >= 15 is 0 Å². The minimum Gasteiger partial charge on any atom is -0.468 e. The number of ketones is 1. The summed E-state index contributed by atoms with van der Waals surface area (Å²) in [5.74, 6) is 0.0794. The number of aryl methyl sites for hydroxylation is 1. The van der Waals surface area contributed by atoms with E-state index in [4.69, 9.17) is 4.74 Å². The van der Waals surface area contributed by atoms with Gasteiger partial charge in [0.25, 0.3) is 0 Å². The van der Waals surface area contributed by atoms with Gasteiger partial charge in [-0.2, -0.15) is 0 Å². The normalized spacial score (nSPS) is 17.5. The van der Waals surface area contributed by atoms with Crippen molar-refractivity contribution in [1.29, 1.82) is 0 Å². The van der Waals surface area contributed by atoms with E-state index in [2.05, 4.69) is 20.6 Å². The molecule has 1 aliphatic heterocycles. The van der Waals surface area contributed by atoms with Gasteiger partial charge in [-0.05, 0) is 18.1 Å². The molecule has 8 heteroatoms. The Morgan fingerprint density at radius 1 is 1.21 bits per heavy atom. The average Bonchev–Trinajstić information content (AvgIpc) is 3.45. The first-order chi connectivity index (χ1) is 16.0. The van der Waals surface area contributed by atoms with Crippen LogP contribution in [0.3, 0.4) is 0 Å². The van der Waals surface area contributed by atoms with E-state index in [0.717, 1.165) is 22.3 Å². The Labute approximate surface area is 191 Å². The van der Waals surface area contributed by atoms with Gasteiger partial charge in [-0.25, -0.2) is 9.99 Å². The number of aromatic nitrogens is 3. The van der Waals surface area contributed by atoms with Gasteiger partial charge in [0.05, 0.1) is 0 Å². The second kappa shape index (κ2) is 8.38. The molecule has 0 saturated carbocycles. The number of allylic oxidation sites excluding steroid dienone is 3. The van der Waals surface area contributed by atoms with Crippen LogP contribution in [0.15, 0.2) is 72.1 Å². The van der Waals surface area contributed by atoms with Crippen LogP contribution >= 0.6 is 0 Å². The third-order valence-electron chi connectivity index (χ3n) is 5.65. The van der Waals surface area contributed by atoms with Crippen molar-refractivity contribution in [2.24, 2.45) is 5.92 Å². The van der Waals surface area contributed by atoms with E-state index < -0.39 is 5.91 Å². The highest BCUT2D eigenvalue weighted by atomic mass is 16.5. The number of H-pyrrole nitrogens is 1. The molecule has 33 heavy (non-hydrogen) atoms. The van der Waals surface area contributed by atoms with Crippen molar-refractivity contribution in [2.45, 2.75) is 20.3 Å². The maximum absolute atomic E-state index is 13.0. The van der Waals surface area contributed by atoms with Crippen LogP contribution in [-0.4, -0.2) is 38.6 Å². The van der Waals surface area contributed by atoms with E-state index in [0.29, 0.717) is 23.7 Å². The van der Waals surface area contributed by atoms with Crippen molar-refractivity contribution >= 4 is 17.3 Å². The fourth-order valence-corrected chi connectivity index (χ4v) is 4.02. The SMILES string of the molecule is Cc1cccc(C2=C[C@H](C)C(=O)C3=C2OCN3NC(=O)c2n[nH]c(Cc3ccccc3)n2)c1. The van der Waals surface area contributed by atoms with E-state index in [1.54, 1.807) is 0 Å². The molecule has 1 atom stereocenters. The molecule has 2 aliphatic rings.